The van der Waals surface area contributed by atoms with Crippen LogP contribution in [0.2, 0.25) is 0 Å². The lowest BCUT2D eigenvalue weighted by molar-refractivity contribution is 0.475. The summed E-state index contributed by atoms with van der Waals surface area (Å²) in [6.45, 7) is 1.89. The van der Waals surface area contributed by atoms with Crippen molar-refractivity contribution in [1.82, 2.24) is 23.9 Å². The fraction of sp³-hybridized carbons (Fsp3) is 0.136. The summed E-state index contributed by atoms with van der Waals surface area (Å²) >= 11 is 0. The molecule has 5 aromatic rings. The average molecular weight is 385 g/mol. The van der Waals surface area contributed by atoms with Crippen LogP contribution in [0, 0.1) is 6.92 Å². The van der Waals surface area contributed by atoms with Crippen molar-refractivity contribution in [2.24, 2.45) is 14.1 Å². The van der Waals surface area contributed by atoms with Crippen LogP contribution in [-0.2, 0) is 14.1 Å². The van der Waals surface area contributed by atoms with E-state index in [0.29, 0.717) is 0 Å². The average Bonchev–Trinajstić information content (AvgIpc) is 3.17. The number of aromatic hydroxyl groups is 1. The van der Waals surface area contributed by atoms with Gasteiger partial charge in [0, 0.05) is 25.7 Å². The van der Waals surface area contributed by atoms with Crippen LogP contribution in [0.3, 0.4) is 0 Å². The molecule has 29 heavy (non-hydrogen) atoms. The van der Waals surface area contributed by atoms with Crippen LogP contribution in [0.25, 0.3) is 38.8 Å². The van der Waals surface area contributed by atoms with Gasteiger partial charge in [0.1, 0.15) is 5.75 Å². The zero-order valence-corrected chi connectivity index (χ0v) is 16.3. The SMILES string of the molecule is Cc1nn(C)cc1-n1c(=O)n(C)c2cnc3ccc(-c4cccc(O)c4)cc3c21. The van der Waals surface area contributed by atoms with Gasteiger partial charge in [0.2, 0.25) is 0 Å². The van der Waals surface area contributed by atoms with Gasteiger partial charge in [-0.05, 0) is 42.3 Å². The van der Waals surface area contributed by atoms with Crippen LogP contribution in [0.1, 0.15) is 5.69 Å². The molecule has 0 amide bonds. The summed E-state index contributed by atoms with van der Waals surface area (Å²) < 4.78 is 5.01. The van der Waals surface area contributed by atoms with E-state index < -0.39 is 0 Å². The van der Waals surface area contributed by atoms with E-state index in [2.05, 4.69) is 10.1 Å². The fourth-order valence-corrected chi connectivity index (χ4v) is 3.89. The van der Waals surface area contributed by atoms with E-state index >= 15 is 0 Å². The van der Waals surface area contributed by atoms with Crippen molar-refractivity contribution in [3.8, 4) is 22.6 Å². The van der Waals surface area contributed by atoms with E-state index in [4.69, 9.17) is 0 Å². The molecule has 1 N–H and O–H groups in total. The number of benzene rings is 2. The number of fused-ring (bicyclic) bond motifs is 3. The molecule has 0 aliphatic rings. The monoisotopic (exact) mass is 385 g/mol. The lowest BCUT2D eigenvalue weighted by Crippen LogP contribution is -2.21. The van der Waals surface area contributed by atoms with E-state index in [0.717, 1.165) is 44.4 Å². The summed E-state index contributed by atoms with van der Waals surface area (Å²) in [4.78, 5) is 17.7. The van der Waals surface area contributed by atoms with Crippen LogP contribution in [0.15, 0.2) is 59.7 Å². The number of hydrogen-bond acceptors (Lipinski definition) is 4. The van der Waals surface area contributed by atoms with Gasteiger partial charge < -0.3 is 5.11 Å². The van der Waals surface area contributed by atoms with E-state index in [9.17, 15) is 9.90 Å². The minimum atomic E-state index is -0.145. The maximum absolute atomic E-state index is 13.1. The number of aryl methyl sites for hydroxylation is 3. The molecule has 2 aromatic carbocycles. The van der Waals surface area contributed by atoms with Gasteiger partial charge in [0.25, 0.3) is 0 Å². The van der Waals surface area contributed by atoms with Gasteiger partial charge in [-0.25, -0.2) is 4.79 Å². The number of phenols is 1. The number of imidazole rings is 1. The maximum Gasteiger partial charge on any atom is 0.333 e. The first-order chi connectivity index (χ1) is 13.9. The van der Waals surface area contributed by atoms with Gasteiger partial charge in [0.15, 0.2) is 0 Å². The van der Waals surface area contributed by atoms with Crippen molar-refractivity contribution in [2.45, 2.75) is 6.92 Å². The first-order valence-corrected chi connectivity index (χ1v) is 9.24. The molecule has 0 unspecified atom stereocenters. The second kappa shape index (κ2) is 6.07. The highest BCUT2D eigenvalue weighted by Gasteiger charge is 2.19. The molecule has 7 heteroatoms. The standard InChI is InChI=1S/C22H19N5O2/c1-13-20(12-25(2)24-13)27-21-17-10-15(14-5-4-6-16(28)9-14)7-8-18(17)23-11-19(21)26(3)22(27)29/h4-12,28H,1-3H3. The van der Waals surface area contributed by atoms with E-state index in [1.54, 1.807) is 39.2 Å². The molecular formula is C22H19N5O2. The Kier molecular flexibility index (Phi) is 3.61. The number of nitrogens with zero attached hydrogens (tertiary/aromatic N) is 5. The Bertz CT molecular complexity index is 1470. The second-order valence-electron chi connectivity index (χ2n) is 7.22. The molecular weight excluding hydrogens is 366 g/mol. The summed E-state index contributed by atoms with van der Waals surface area (Å²) in [6.07, 6.45) is 3.58. The molecule has 0 saturated heterocycles. The van der Waals surface area contributed by atoms with Gasteiger partial charge in [-0.2, -0.15) is 5.10 Å². The van der Waals surface area contributed by atoms with Gasteiger partial charge >= 0.3 is 5.69 Å². The summed E-state index contributed by atoms with van der Waals surface area (Å²) in [7, 11) is 3.59. The largest absolute Gasteiger partial charge is 0.508 e. The molecule has 0 aliphatic heterocycles. The van der Waals surface area contributed by atoms with Crippen molar-refractivity contribution < 1.29 is 5.11 Å². The molecule has 5 rings (SSSR count). The molecule has 0 atom stereocenters. The summed E-state index contributed by atoms with van der Waals surface area (Å²) in [5.41, 5.74) is 5.55. The Morgan fingerprint density at radius 1 is 1.03 bits per heavy atom. The molecule has 7 nitrogen and oxygen atoms in total. The quantitative estimate of drug-likeness (QED) is 0.506. The number of pyridine rings is 1. The van der Waals surface area contributed by atoms with Crippen molar-refractivity contribution in [1.29, 1.82) is 0 Å². The molecule has 3 heterocycles. The second-order valence-corrected chi connectivity index (χ2v) is 7.22. The van der Waals surface area contributed by atoms with Gasteiger partial charge in [-0.3, -0.25) is 18.8 Å². The highest BCUT2D eigenvalue weighted by atomic mass is 16.3. The minimum Gasteiger partial charge on any atom is -0.508 e. The Labute approximate surface area is 166 Å². The minimum absolute atomic E-state index is 0.145. The lowest BCUT2D eigenvalue weighted by atomic mass is 10.0. The first-order valence-electron chi connectivity index (χ1n) is 9.24. The Hall–Kier alpha value is -3.87. The molecule has 0 saturated carbocycles. The van der Waals surface area contributed by atoms with Crippen LogP contribution in [0.5, 0.6) is 5.75 Å². The topological polar surface area (TPSA) is 77.9 Å². The third-order valence-corrected chi connectivity index (χ3v) is 5.29. The molecule has 0 spiro atoms. The highest BCUT2D eigenvalue weighted by molar-refractivity contribution is 6.04. The number of aromatic nitrogens is 5. The van der Waals surface area contributed by atoms with Crippen molar-refractivity contribution in [3.05, 3.63) is 71.0 Å². The van der Waals surface area contributed by atoms with Crippen LogP contribution < -0.4 is 5.69 Å². The molecule has 3 aromatic heterocycles. The van der Waals surface area contributed by atoms with Crippen molar-refractivity contribution in [2.75, 3.05) is 0 Å². The zero-order valence-electron chi connectivity index (χ0n) is 16.3. The Morgan fingerprint density at radius 2 is 1.83 bits per heavy atom. The maximum atomic E-state index is 13.1. The highest BCUT2D eigenvalue weighted by Crippen LogP contribution is 2.31. The fourth-order valence-electron chi connectivity index (χ4n) is 3.89. The van der Waals surface area contributed by atoms with E-state index in [1.807, 2.05) is 50.5 Å². The summed E-state index contributed by atoms with van der Waals surface area (Å²) in [5, 5.41) is 15.1. The molecule has 0 radical (unpaired) electrons. The Morgan fingerprint density at radius 3 is 2.55 bits per heavy atom. The number of phenolic OH excluding ortho intramolecular Hbond substituents is 1. The van der Waals surface area contributed by atoms with E-state index in [-0.39, 0.29) is 11.4 Å². The smallest absolute Gasteiger partial charge is 0.333 e. The van der Waals surface area contributed by atoms with Crippen LogP contribution >= 0.6 is 0 Å². The molecule has 0 aliphatic carbocycles. The number of rotatable bonds is 2. The van der Waals surface area contributed by atoms with Crippen LogP contribution in [-0.4, -0.2) is 29.0 Å². The molecule has 144 valence electrons. The van der Waals surface area contributed by atoms with Gasteiger partial charge in [-0.15, -0.1) is 0 Å². The van der Waals surface area contributed by atoms with Crippen molar-refractivity contribution in [3.63, 3.8) is 0 Å². The lowest BCUT2D eigenvalue weighted by Gasteiger charge is -2.08. The first kappa shape index (κ1) is 17.2. The molecule has 0 fully saturated rings. The summed E-state index contributed by atoms with van der Waals surface area (Å²) in [6, 6.07) is 13.0. The number of hydrogen-bond donors (Lipinski definition) is 1. The van der Waals surface area contributed by atoms with Gasteiger partial charge in [-0.1, -0.05) is 18.2 Å². The predicted molar refractivity (Wildman–Crippen MR) is 112 cm³/mol. The normalized spacial score (nSPS) is 11.6. The Balaban J connectivity index is 1.90. The zero-order chi connectivity index (χ0) is 20.3. The predicted octanol–water partition coefficient (Wildman–Crippen LogP) is 3.29. The van der Waals surface area contributed by atoms with Crippen molar-refractivity contribution >= 4 is 21.9 Å². The van der Waals surface area contributed by atoms with E-state index in [1.165, 1.54) is 0 Å². The third kappa shape index (κ3) is 2.55. The third-order valence-electron chi connectivity index (χ3n) is 5.29. The van der Waals surface area contributed by atoms with Crippen LogP contribution in [0.4, 0.5) is 0 Å². The van der Waals surface area contributed by atoms with Gasteiger partial charge in [0.05, 0.1) is 34.1 Å². The molecule has 0 bridgehead atoms. The summed E-state index contributed by atoms with van der Waals surface area (Å²) in [5.74, 6) is 0.210.